The van der Waals surface area contributed by atoms with Crippen molar-refractivity contribution in [3.63, 3.8) is 0 Å². The fourth-order valence-electron chi connectivity index (χ4n) is 1.08. The molecule has 0 unspecified atom stereocenters. The highest BCUT2D eigenvalue weighted by molar-refractivity contribution is 9.11. The van der Waals surface area contributed by atoms with Crippen LogP contribution in [0.3, 0.4) is 0 Å². The van der Waals surface area contributed by atoms with Crippen molar-refractivity contribution in [3.8, 4) is 11.5 Å². The number of nitrogens with zero attached hydrogens (tertiary/aromatic N) is 1. The van der Waals surface area contributed by atoms with E-state index in [1.807, 2.05) is 0 Å². The van der Waals surface area contributed by atoms with Crippen LogP contribution in [0.1, 0.15) is 0 Å². The third-order valence-electron chi connectivity index (χ3n) is 1.66. The van der Waals surface area contributed by atoms with Crippen molar-refractivity contribution < 1.29 is 9.84 Å². The lowest BCUT2D eigenvalue weighted by atomic mass is 10.3. The number of aromatic nitrogens is 1. The Morgan fingerprint density at radius 3 is 3.00 bits per heavy atom. The number of halogens is 1. The molecule has 5 heteroatoms. The lowest BCUT2D eigenvalue weighted by Gasteiger charge is -2.01. The van der Waals surface area contributed by atoms with Crippen LogP contribution < -0.4 is 4.74 Å². The van der Waals surface area contributed by atoms with Gasteiger partial charge in [-0.15, -0.1) is 11.3 Å². The Kier molecular flexibility index (Phi) is 2.13. The molecule has 1 N–H and O–H groups in total. The number of thiazole rings is 1. The molecule has 68 valence electrons. The molecule has 3 nitrogen and oxygen atoms in total. The van der Waals surface area contributed by atoms with Gasteiger partial charge in [-0.25, -0.2) is 4.98 Å². The fourth-order valence-corrected chi connectivity index (χ4v) is 2.49. The first-order valence-corrected chi connectivity index (χ1v) is 5.14. The molecule has 0 fully saturated rings. The lowest BCUT2D eigenvalue weighted by molar-refractivity contribution is 0.374. The number of aromatic hydroxyl groups is 1. The van der Waals surface area contributed by atoms with Crippen molar-refractivity contribution in [1.29, 1.82) is 0 Å². The first kappa shape index (κ1) is 8.77. The van der Waals surface area contributed by atoms with Gasteiger partial charge >= 0.3 is 0 Å². The molecular weight excluding hydrogens is 254 g/mol. The molecule has 0 saturated heterocycles. The normalized spacial score (nSPS) is 10.6. The number of hydrogen-bond acceptors (Lipinski definition) is 4. The Hall–Kier alpha value is -0.810. The quantitative estimate of drug-likeness (QED) is 0.857. The maximum atomic E-state index is 9.44. The number of rotatable bonds is 1. The molecule has 0 aliphatic heterocycles. The van der Waals surface area contributed by atoms with E-state index in [1.54, 1.807) is 12.1 Å². The molecule has 0 radical (unpaired) electrons. The maximum absolute atomic E-state index is 9.44. The third kappa shape index (κ3) is 1.49. The van der Waals surface area contributed by atoms with Crippen LogP contribution in [-0.2, 0) is 0 Å². The minimum Gasteiger partial charge on any atom is -0.504 e. The van der Waals surface area contributed by atoms with Crippen LogP contribution in [0.2, 0.25) is 0 Å². The molecule has 1 aromatic heterocycles. The number of phenols is 1. The molecule has 0 saturated carbocycles. The van der Waals surface area contributed by atoms with Crippen LogP contribution >= 0.6 is 27.3 Å². The highest BCUT2D eigenvalue weighted by Crippen LogP contribution is 2.35. The van der Waals surface area contributed by atoms with Crippen LogP contribution in [-0.4, -0.2) is 17.2 Å². The first-order valence-electron chi connectivity index (χ1n) is 3.54. The molecule has 1 heterocycles. The molecule has 0 spiro atoms. The van der Waals surface area contributed by atoms with Crippen LogP contribution in [0.4, 0.5) is 0 Å². The number of hydrogen-bond donors (Lipinski definition) is 1. The van der Waals surface area contributed by atoms with Gasteiger partial charge in [0.2, 0.25) is 0 Å². The highest BCUT2D eigenvalue weighted by Gasteiger charge is 2.07. The second-order valence-electron chi connectivity index (χ2n) is 2.46. The Balaban J connectivity index is 2.72. The van der Waals surface area contributed by atoms with E-state index in [4.69, 9.17) is 4.74 Å². The molecular formula is C8H6BrNO2S. The van der Waals surface area contributed by atoms with E-state index >= 15 is 0 Å². The monoisotopic (exact) mass is 259 g/mol. The summed E-state index contributed by atoms with van der Waals surface area (Å²) >= 11 is 4.79. The van der Waals surface area contributed by atoms with Crippen molar-refractivity contribution >= 4 is 37.5 Å². The zero-order valence-electron chi connectivity index (χ0n) is 6.74. The van der Waals surface area contributed by atoms with Crippen molar-refractivity contribution in [1.82, 2.24) is 4.98 Å². The van der Waals surface area contributed by atoms with Gasteiger partial charge in [0.15, 0.2) is 15.4 Å². The van der Waals surface area contributed by atoms with Gasteiger partial charge in [-0.05, 0) is 15.9 Å². The SMILES string of the molecule is COc1cc2sc(Br)nc2cc1O. The summed E-state index contributed by atoms with van der Waals surface area (Å²) in [6.45, 7) is 0. The van der Waals surface area contributed by atoms with E-state index in [0.29, 0.717) is 5.75 Å². The Labute approximate surface area is 87.1 Å². The number of benzene rings is 1. The summed E-state index contributed by atoms with van der Waals surface area (Å²) in [5.41, 5.74) is 0.773. The average molecular weight is 260 g/mol. The van der Waals surface area contributed by atoms with E-state index in [9.17, 15) is 5.11 Å². The molecule has 2 rings (SSSR count). The topological polar surface area (TPSA) is 42.4 Å². The van der Waals surface area contributed by atoms with Gasteiger partial charge in [0.1, 0.15) is 0 Å². The predicted octanol–water partition coefficient (Wildman–Crippen LogP) is 2.77. The van der Waals surface area contributed by atoms with Gasteiger partial charge in [-0.1, -0.05) is 0 Å². The molecule has 0 aliphatic rings. The van der Waals surface area contributed by atoms with Crippen molar-refractivity contribution in [3.05, 3.63) is 16.0 Å². The molecule has 13 heavy (non-hydrogen) atoms. The zero-order chi connectivity index (χ0) is 9.42. The largest absolute Gasteiger partial charge is 0.504 e. The smallest absolute Gasteiger partial charge is 0.162 e. The molecule has 1 aromatic carbocycles. The van der Waals surface area contributed by atoms with E-state index in [-0.39, 0.29) is 5.75 Å². The summed E-state index contributed by atoms with van der Waals surface area (Å²) in [5, 5.41) is 9.44. The Morgan fingerprint density at radius 1 is 1.54 bits per heavy atom. The van der Waals surface area contributed by atoms with Gasteiger partial charge in [-0.2, -0.15) is 0 Å². The van der Waals surface area contributed by atoms with Gasteiger partial charge in [0.05, 0.1) is 17.3 Å². The Bertz CT molecular complexity index is 455. The second-order valence-corrected chi connectivity index (χ2v) is 4.77. The number of fused-ring (bicyclic) bond motifs is 1. The second kappa shape index (κ2) is 3.16. The molecule has 2 aromatic rings. The molecule has 0 aliphatic carbocycles. The summed E-state index contributed by atoms with van der Waals surface area (Å²) in [6, 6.07) is 3.36. The summed E-state index contributed by atoms with van der Waals surface area (Å²) in [4.78, 5) is 4.17. The summed E-state index contributed by atoms with van der Waals surface area (Å²) < 4.78 is 6.76. The van der Waals surface area contributed by atoms with Crippen molar-refractivity contribution in [2.24, 2.45) is 0 Å². The van der Waals surface area contributed by atoms with Gasteiger partial charge < -0.3 is 9.84 Å². The number of methoxy groups -OCH3 is 1. The zero-order valence-corrected chi connectivity index (χ0v) is 9.15. The van der Waals surface area contributed by atoms with Crippen LogP contribution in [0, 0.1) is 0 Å². The van der Waals surface area contributed by atoms with Gasteiger partial charge in [0.25, 0.3) is 0 Å². The van der Waals surface area contributed by atoms with Crippen LogP contribution in [0.15, 0.2) is 16.0 Å². The first-order chi connectivity index (χ1) is 6.20. The van der Waals surface area contributed by atoms with E-state index < -0.39 is 0 Å². The minimum atomic E-state index is 0.118. The standard InChI is InChI=1S/C8H6BrNO2S/c1-12-6-3-7-4(2-5(6)11)10-8(9)13-7/h2-3,11H,1H3. The molecule has 0 bridgehead atoms. The summed E-state index contributed by atoms with van der Waals surface area (Å²) in [5.74, 6) is 0.594. The average Bonchev–Trinajstić information content (AvgIpc) is 2.42. The predicted molar refractivity (Wildman–Crippen MR) is 55.5 cm³/mol. The maximum Gasteiger partial charge on any atom is 0.162 e. The minimum absolute atomic E-state index is 0.118. The number of ether oxygens (including phenoxy) is 1. The highest BCUT2D eigenvalue weighted by atomic mass is 79.9. The van der Waals surface area contributed by atoms with E-state index in [0.717, 1.165) is 14.1 Å². The fraction of sp³-hybridized carbons (Fsp3) is 0.125. The van der Waals surface area contributed by atoms with E-state index in [1.165, 1.54) is 18.4 Å². The van der Waals surface area contributed by atoms with Crippen molar-refractivity contribution in [2.75, 3.05) is 7.11 Å². The van der Waals surface area contributed by atoms with Crippen molar-refractivity contribution in [2.45, 2.75) is 0 Å². The van der Waals surface area contributed by atoms with Crippen LogP contribution in [0.25, 0.3) is 10.2 Å². The molecule has 0 atom stereocenters. The summed E-state index contributed by atoms with van der Waals surface area (Å²) in [7, 11) is 1.52. The van der Waals surface area contributed by atoms with E-state index in [2.05, 4.69) is 20.9 Å². The number of phenolic OH excluding ortho intramolecular Hbond substituents is 1. The van der Waals surface area contributed by atoms with Gasteiger partial charge in [0, 0.05) is 12.1 Å². The third-order valence-corrected chi connectivity index (χ3v) is 3.13. The Morgan fingerprint density at radius 2 is 2.31 bits per heavy atom. The molecule has 0 amide bonds. The van der Waals surface area contributed by atoms with Crippen LogP contribution in [0.5, 0.6) is 11.5 Å². The van der Waals surface area contributed by atoms with Gasteiger partial charge in [-0.3, -0.25) is 0 Å². The lowest BCUT2D eigenvalue weighted by Crippen LogP contribution is -1.82. The summed E-state index contributed by atoms with van der Waals surface area (Å²) in [6.07, 6.45) is 0.